The van der Waals surface area contributed by atoms with Gasteiger partial charge in [0.1, 0.15) is 0 Å². The van der Waals surface area contributed by atoms with Crippen LogP contribution in [-0.2, 0) is 19.1 Å². The Morgan fingerprint density at radius 2 is 1.86 bits per heavy atom. The SMILES string of the molecule is O=C(CC1COCCO1)ON1C(=O)c2ccccc2C1=O. The van der Waals surface area contributed by atoms with Gasteiger partial charge in [0, 0.05) is 0 Å². The molecule has 1 unspecified atom stereocenters. The van der Waals surface area contributed by atoms with Crippen molar-refractivity contribution in [1.82, 2.24) is 5.06 Å². The fourth-order valence-corrected chi connectivity index (χ4v) is 2.23. The highest BCUT2D eigenvalue weighted by molar-refractivity contribution is 6.20. The highest BCUT2D eigenvalue weighted by Gasteiger charge is 2.38. The molecule has 0 spiro atoms. The molecule has 110 valence electrons. The molecule has 1 saturated heterocycles. The van der Waals surface area contributed by atoms with E-state index in [0.717, 1.165) is 0 Å². The summed E-state index contributed by atoms with van der Waals surface area (Å²) in [6.45, 7) is 1.19. The number of hydroxylamine groups is 2. The van der Waals surface area contributed by atoms with Gasteiger partial charge in [0.05, 0.1) is 43.5 Å². The molecule has 1 aromatic carbocycles. The molecule has 21 heavy (non-hydrogen) atoms. The highest BCUT2D eigenvalue weighted by Crippen LogP contribution is 2.23. The summed E-state index contributed by atoms with van der Waals surface area (Å²) < 4.78 is 10.5. The molecule has 0 radical (unpaired) electrons. The van der Waals surface area contributed by atoms with Crippen LogP contribution in [-0.4, -0.2) is 48.8 Å². The lowest BCUT2D eigenvalue weighted by Gasteiger charge is -2.22. The number of carbonyl (C=O) groups is 3. The third kappa shape index (κ3) is 2.65. The zero-order valence-electron chi connectivity index (χ0n) is 11.1. The molecule has 0 bridgehead atoms. The summed E-state index contributed by atoms with van der Waals surface area (Å²) in [5, 5.41) is 0.497. The normalized spacial score (nSPS) is 21.3. The molecular formula is C14H13NO6. The van der Waals surface area contributed by atoms with Crippen LogP contribution < -0.4 is 0 Å². The fraction of sp³-hybridized carbons (Fsp3) is 0.357. The van der Waals surface area contributed by atoms with Gasteiger partial charge in [0.25, 0.3) is 11.8 Å². The maximum atomic E-state index is 12.0. The number of nitrogens with zero attached hydrogens (tertiary/aromatic N) is 1. The van der Waals surface area contributed by atoms with E-state index in [1.165, 1.54) is 12.1 Å². The molecule has 7 heteroatoms. The number of hydrogen-bond acceptors (Lipinski definition) is 6. The van der Waals surface area contributed by atoms with E-state index >= 15 is 0 Å². The van der Waals surface area contributed by atoms with Gasteiger partial charge < -0.3 is 14.3 Å². The molecule has 0 aromatic heterocycles. The predicted octanol–water partition coefficient (Wildman–Crippen LogP) is 0.546. The minimum Gasteiger partial charge on any atom is -0.376 e. The molecule has 1 fully saturated rings. The third-order valence-electron chi connectivity index (χ3n) is 3.23. The van der Waals surface area contributed by atoms with Crippen molar-refractivity contribution >= 4 is 17.8 Å². The summed E-state index contributed by atoms with van der Waals surface area (Å²) in [6.07, 6.45) is -0.491. The lowest BCUT2D eigenvalue weighted by Crippen LogP contribution is -2.36. The summed E-state index contributed by atoms with van der Waals surface area (Å²) in [5.74, 6) is -1.98. The Morgan fingerprint density at radius 1 is 1.19 bits per heavy atom. The van der Waals surface area contributed by atoms with Crippen molar-refractivity contribution in [3.05, 3.63) is 35.4 Å². The van der Waals surface area contributed by atoms with Gasteiger partial charge in [-0.05, 0) is 12.1 Å². The topological polar surface area (TPSA) is 82.1 Å². The van der Waals surface area contributed by atoms with Crippen LogP contribution in [0.25, 0.3) is 0 Å². The molecular weight excluding hydrogens is 278 g/mol. The Labute approximate surface area is 120 Å². The average Bonchev–Trinajstić information content (AvgIpc) is 2.74. The number of imide groups is 1. The largest absolute Gasteiger partial charge is 0.376 e. The van der Waals surface area contributed by atoms with E-state index in [1.54, 1.807) is 12.1 Å². The summed E-state index contributed by atoms with van der Waals surface area (Å²) >= 11 is 0. The van der Waals surface area contributed by atoms with Crippen molar-refractivity contribution in [2.45, 2.75) is 12.5 Å². The molecule has 2 amide bonds. The monoisotopic (exact) mass is 291 g/mol. The minimum atomic E-state index is -0.708. The van der Waals surface area contributed by atoms with Crippen molar-refractivity contribution in [1.29, 1.82) is 0 Å². The highest BCUT2D eigenvalue weighted by atomic mass is 16.7. The van der Waals surface area contributed by atoms with Gasteiger partial charge in [0.15, 0.2) is 0 Å². The summed E-state index contributed by atoms with van der Waals surface area (Å²) in [6, 6.07) is 6.31. The lowest BCUT2D eigenvalue weighted by molar-refractivity contribution is -0.175. The maximum absolute atomic E-state index is 12.0. The number of benzene rings is 1. The van der Waals surface area contributed by atoms with Crippen molar-refractivity contribution in [2.24, 2.45) is 0 Å². The predicted molar refractivity (Wildman–Crippen MR) is 68.2 cm³/mol. The second-order valence-electron chi connectivity index (χ2n) is 4.69. The van der Waals surface area contributed by atoms with Crippen molar-refractivity contribution in [3.63, 3.8) is 0 Å². The number of fused-ring (bicyclic) bond motifs is 1. The van der Waals surface area contributed by atoms with Gasteiger partial charge >= 0.3 is 5.97 Å². The zero-order chi connectivity index (χ0) is 14.8. The van der Waals surface area contributed by atoms with E-state index < -0.39 is 23.9 Å². The Kier molecular flexibility index (Phi) is 3.68. The van der Waals surface area contributed by atoms with Crippen LogP contribution >= 0.6 is 0 Å². The van der Waals surface area contributed by atoms with Crippen LogP contribution in [0.1, 0.15) is 27.1 Å². The first-order valence-electron chi connectivity index (χ1n) is 6.55. The summed E-state index contributed by atoms with van der Waals surface area (Å²) in [7, 11) is 0. The van der Waals surface area contributed by atoms with Crippen LogP contribution in [0.5, 0.6) is 0 Å². The molecule has 0 aliphatic carbocycles. The molecule has 1 atom stereocenters. The standard InChI is InChI=1S/C14H13NO6/c16-12(7-9-8-19-5-6-20-9)21-15-13(17)10-3-1-2-4-11(10)14(15)18/h1-4,9H,5-8H2. The van der Waals surface area contributed by atoms with E-state index in [9.17, 15) is 14.4 Å². The fourth-order valence-electron chi connectivity index (χ4n) is 2.23. The molecule has 2 aliphatic heterocycles. The van der Waals surface area contributed by atoms with Crippen LogP contribution in [0.15, 0.2) is 24.3 Å². The van der Waals surface area contributed by atoms with Gasteiger partial charge in [-0.2, -0.15) is 0 Å². The molecule has 1 aromatic rings. The first kappa shape index (κ1) is 13.7. The Hall–Kier alpha value is -2.25. The molecule has 3 rings (SSSR count). The smallest absolute Gasteiger partial charge is 0.335 e. The second kappa shape index (κ2) is 5.63. The molecule has 7 nitrogen and oxygen atoms in total. The first-order valence-corrected chi connectivity index (χ1v) is 6.55. The molecule has 0 saturated carbocycles. The Balaban J connectivity index is 1.64. The van der Waals surface area contributed by atoms with Crippen LogP contribution in [0.3, 0.4) is 0 Å². The molecule has 2 aliphatic rings. The van der Waals surface area contributed by atoms with Gasteiger partial charge in [0.2, 0.25) is 0 Å². The second-order valence-corrected chi connectivity index (χ2v) is 4.69. The third-order valence-corrected chi connectivity index (χ3v) is 3.23. The van der Waals surface area contributed by atoms with E-state index in [0.29, 0.717) is 18.3 Å². The Morgan fingerprint density at radius 3 is 2.43 bits per heavy atom. The van der Waals surface area contributed by atoms with E-state index in [4.69, 9.17) is 14.3 Å². The van der Waals surface area contributed by atoms with Crippen LogP contribution in [0, 0.1) is 0 Å². The average molecular weight is 291 g/mol. The van der Waals surface area contributed by atoms with E-state index in [1.807, 2.05) is 0 Å². The van der Waals surface area contributed by atoms with Crippen LogP contribution in [0.4, 0.5) is 0 Å². The molecule has 2 heterocycles. The zero-order valence-corrected chi connectivity index (χ0v) is 11.1. The minimum absolute atomic E-state index is 0.0760. The Bertz CT molecular complexity index is 558. The van der Waals surface area contributed by atoms with E-state index in [2.05, 4.69) is 0 Å². The maximum Gasteiger partial charge on any atom is 0.335 e. The first-order chi connectivity index (χ1) is 10.2. The van der Waals surface area contributed by atoms with Crippen molar-refractivity contribution in [2.75, 3.05) is 19.8 Å². The number of rotatable bonds is 3. The van der Waals surface area contributed by atoms with Crippen LogP contribution in [0.2, 0.25) is 0 Å². The number of ether oxygens (including phenoxy) is 2. The van der Waals surface area contributed by atoms with Gasteiger partial charge in [-0.15, -0.1) is 0 Å². The summed E-state index contributed by atoms with van der Waals surface area (Å²) in [4.78, 5) is 40.7. The molecule has 0 N–H and O–H groups in total. The quantitative estimate of drug-likeness (QED) is 0.756. The number of hydrogen-bond donors (Lipinski definition) is 0. The number of amides is 2. The van der Waals surface area contributed by atoms with Gasteiger partial charge in [-0.1, -0.05) is 17.2 Å². The number of carbonyl (C=O) groups excluding carboxylic acids is 3. The van der Waals surface area contributed by atoms with Gasteiger partial charge in [-0.25, -0.2) is 4.79 Å². The van der Waals surface area contributed by atoms with Crippen molar-refractivity contribution in [3.8, 4) is 0 Å². The van der Waals surface area contributed by atoms with Gasteiger partial charge in [-0.3, -0.25) is 9.59 Å². The summed E-state index contributed by atoms with van der Waals surface area (Å²) in [5.41, 5.74) is 0.458. The van der Waals surface area contributed by atoms with Crippen molar-refractivity contribution < 1.29 is 28.7 Å². The lowest BCUT2D eigenvalue weighted by atomic mass is 10.1. The van der Waals surface area contributed by atoms with E-state index in [-0.39, 0.29) is 24.2 Å².